The summed E-state index contributed by atoms with van der Waals surface area (Å²) in [6, 6.07) is 9.56. The van der Waals surface area contributed by atoms with Crippen LogP contribution in [-0.4, -0.2) is 53.3 Å². The van der Waals surface area contributed by atoms with Gasteiger partial charge in [0.15, 0.2) is 5.75 Å². The van der Waals surface area contributed by atoms with Crippen molar-refractivity contribution in [2.45, 2.75) is 40.0 Å². The highest BCUT2D eigenvalue weighted by Gasteiger charge is 2.32. The number of carbonyl (C=O) groups excluding carboxylic acids is 1. The normalized spacial score (nSPS) is 11.6. The molecule has 0 fully saturated rings. The molecule has 0 aliphatic heterocycles. The van der Waals surface area contributed by atoms with Gasteiger partial charge < -0.3 is 20.3 Å². The van der Waals surface area contributed by atoms with Crippen molar-refractivity contribution >= 4 is 28.4 Å². The molecule has 0 bridgehead atoms. The number of amides is 1. The summed E-state index contributed by atoms with van der Waals surface area (Å²) in [5.74, 6) is -0.891. The van der Waals surface area contributed by atoms with Gasteiger partial charge in [-0.3, -0.25) is 4.79 Å². The highest BCUT2D eigenvalue weighted by Crippen LogP contribution is 2.33. The number of anilines is 2. The van der Waals surface area contributed by atoms with Crippen LogP contribution in [0.25, 0.3) is 10.9 Å². The van der Waals surface area contributed by atoms with Gasteiger partial charge in [-0.2, -0.15) is 0 Å². The van der Waals surface area contributed by atoms with Crippen molar-refractivity contribution in [2.24, 2.45) is 0 Å². The minimum Gasteiger partial charge on any atom is -0.404 e. The van der Waals surface area contributed by atoms with Crippen LogP contribution in [0.4, 0.5) is 24.8 Å². The molecule has 2 N–H and O–H groups in total. The highest BCUT2D eigenvalue weighted by molar-refractivity contribution is 5.95. The van der Waals surface area contributed by atoms with E-state index in [4.69, 9.17) is 0 Å². The topological polar surface area (TPSA) is 79.4 Å². The summed E-state index contributed by atoms with van der Waals surface area (Å²) < 4.78 is 43.5. The fourth-order valence-corrected chi connectivity index (χ4v) is 3.71. The van der Waals surface area contributed by atoms with E-state index in [2.05, 4.69) is 44.1 Å². The van der Waals surface area contributed by atoms with E-state index >= 15 is 0 Å². The maximum absolute atomic E-state index is 13.1. The number of benzene rings is 2. The molecule has 1 aromatic heterocycles. The van der Waals surface area contributed by atoms with Gasteiger partial charge in [0.2, 0.25) is 5.95 Å². The summed E-state index contributed by atoms with van der Waals surface area (Å²) in [6.07, 6.45) is -1.85. The Morgan fingerprint density at radius 3 is 2.57 bits per heavy atom. The van der Waals surface area contributed by atoms with E-state index in [1.165, 1.54) is 12.1 Å². The third-order valence-corrected chi connectivity index (χ3v) is 5.62. The molecule has 0 atom stereocenters. The molecule has 0 spiro atoms. The Morgan fingerprint density at radius 1 is 1.11 bits per heavy atom. The first-order chi connectivity index (χ1) is 16.7. The molecule has 0 radical (unpaired) electrons. The average molecular weight is 490 g/mol. The molecule has 0 unspecified atom stereocenters. The number of rotatable bonds is 11. The summed E-state index contributed by atoms with van der Waals surface area (Å²) in [6.45, 7) is 9.18. The maximum atomic E-state index is 13.1. The first-order valence-electron chi connectivity index (χ1n) is 11.7. The standard InChI is InChI=1S/C25H30F3N5O2/c1-4-17-9-7-10-19-16-30-24(32-22(17)19)31-20-12-11-18(15-21(20)35-25(26,27)28)23(34)29-13-8-14-33(5-2)6-3/h7,9-12,15-16H,4-6,8,13-14H2,1-3H3,(H,29,34)(H,30,31,32). The van der Waals surface area contributed by atoms with Gasteiger partial charge in [0.1, 0.15) is 0 Å². The van der Waals surface area contributed by atoms with Crippen LogP contribution in [-0.2, 0) is 6.42 Å². The number of para-hydroxylation sites is 1. The lowest BCUT2D eigenvalue weighted by Crippen LogP contribution is -2.30. The first-order valence-corrected chi connectivity index (χ1v) is 11.7. The number of ether oxygens (including phenoxy) is 1. The van der Waals surface area contributed by atoms with Crippen LogP contribution in [0.5, 0.6) is 5.75 Å². The van der Waals surface area contributed by atoms with Crippen LogP contribution in [0.3, 0.4) is 0 Å². The molecule has 3 aromatic rings. The molecule has 0 aliphatic rings. The lowest BCUT2D eigenvalue weighted by Gasteiger charge is -2.18. The van der Waals surface area contributed by atoms with E-state index in [1.54, 1.807) is 6.20 Å². The molecular formula is C25H30F3N5O2. The van der Waals surface area contributed by atoms with Gasteiger partial charge in [0.25, 0.3) is 5.91 Å². The van der Waals surface area contributed by atoms with E-state index in [-0.39, 0.29) is 17.2 Å². The molecule has 7 nitrogen and oxygen atoms in total. The number of aromatic nitrogens is 2. The first kappa shape index (κ1) is 26.2. The van der Waals surface area contributed by atoms with Gasteiger partial charge in [0.05, 0.1) is 11.2 Å². The monoisotopic (exact) mass is 489 g/mol. The lowest BCUT2D eigenvalue weighted by molar-refractivity contribution is -0.274. The second-order valence-electron chi connectivity index (χ2n) is 7.92. The van der Waals surface area contributed by atoms with Crippen LogP contribution in [0.15, 0.2) is 42.6 Å². The number of nitrogens with one attached hydrogen (secondary N) is 2. The van der Waals surface area contributed by atoms with Crippen molar-refractivity contribution in [1.29, 1.82) is 0 Å². The van der Waals surface area contributed by atoms with Crippen molar-refractivity contribution in [3.8, 4) is 5.75 Å². The molecule has 188 valence electrons. The minimum absolute atomic E-state index is 0.00580. The molecule has 2 aromatic carbocycles. The van der Waals surface area contributed by atoms with Crippen molar-refractivity contribution in [2.75, 3.05) is 31.5 Å². The third kappa shape index (κ3) is 7.29. The molecule has 1 amide bonds. The van der Waals surface area contributed by atoms with E-state index in [9.17, 15) is 18.0 Å². The smallest absolute Gasteiger partial charge is 0.404 e. The van der Waals surface area contributed by atoms with Gasteiger partial charge in [-0.25, -0.2) is 9.97 Å². The van der Waals surface area contributed by atoms with Crippen LogP contribution < -0.4 is 15.4 Å². The molecule has 35 heavy (non-hydrogen) atoms. The number of aryl methyl sites for hydroxylation is 1. The SMILES string of the molecule is CCc1cccc2cnc(Nc3ccc(C(=O)NCCCN(CC)CC)cc3OC(F)(F)F)nc12. The Balaban J connectivity index is 1.79. The van der Waals surface area contributed by atoms with Crippen molar-refractivity contribution < 1.29 is 22.7 Å². The summed E-state index contributed by atoms with van der Waals surface area (Å²) in [4.78, 5) is 23.4. The number of hydrogen-bond donors (Lipinski definition) is 2. The summed E-state index contributed by atoms with van der Waals surface area (Å²) in [5.41, 5.74) is 1.76. The number of carbonyl (C=O) groups is 1. The Hall–Kier alpha value is -3.40. The molecule has 0 aliphatic carbocycles. The Labute approximate surface area is 202 Å². The zero-order valence-corrected chi connectivity index (χ0v) is 20.1. The Kier molecular flexibility index (Phi) is 8.86. The molecule has 0 saturated heterocycles. The minimum atomic E-state index is -4.94. The second-order valence-corrected chi connectivity index (χ2v) is 7.92. The van der Waals surface area contributed by atoms with Crippen LogP contribution in [0, 0.1) is 0 Å². The molecule has 0 saturated carbocycles. The largest absolute Gasteiger partial charge is 0.573 e. The van der Waals surface area contributed by atoms with E-state index in [1.807, 2.05) is 25.1 Å². The van der Waals surface area contributed by atoms with Gasteiger partial charge >= 0.3 is 6.36 Å². The highest BCUT2D eigenvalue weighted by atomic mass is 19.4. The van der Waals surface area contributed by atoms with Crippen molar-refractivity contribution in [1.82, 2.24) is 20.2 Å². The predicted molar refractivity (Wildman–Crippen MR) is 130 cm³/mol. The van der Waals surface area contributed by atoms with Crippen molar-refractivity contribution in [3.05, 3.63) is 53.7 Å². The van der Waals surface area contributed by atoms with Crippen LogP contribution in [0.1, 0.15) is 43.1 Å². The quantitative estimate of drug-likeness (QED) is 0.356. The summed E-state index contributed by atoms with van der Waals surface area (Å²) in [5, 5.41) is 6.37. The van der Waals surface area contributed by atoms with Gasteiger partial charge in [-0.05, 0) is 56.2 Å². The number of alkyl halides is 3. The average Bonchev–Trinajstić information content (AvgIpc) is 2.83. The van der Waals surface area contributed by atoms with E-state index in [0.717, 1.165) is 49.5 Å². The van der Waals surface area contributed by atoms with Gasteiger partial charge in [-0.1, -0.05) is 39.0 Å². The predicted octanol–water partition coefficient (Wildman–Crippen LogP) is 5.30. The molecular weight excluding hydrogens is 459 g/mol. The summed E-state index contributed by atoms with van der Waals surface area (Å²) in [7, 11) is 0. The number of fused-ring (bicyclic) bond motifs is 1. The molecule has 10 heteroatoms. The van der Waals surface area contributed by atoms with E-state index in [0.29, 0.717) is 12.1 Å². The molecule has 1 heterocycles. The zero-order valence-electron chi connectivity index (χ0n) is 20.1. The van der Waals surface area contributed by atoms with Crippen LogP contribution >= 0.6 is 0 Å². The Bertz CT molecular complexity index is 1150. The zero-order chi connectivity index (χ0) is 25.4. The number of halogens is 3. The fraction of sp³-hybridized carbons (Fsp3) is 0.400. The third-order valence-electron chi connectivity index (χ3n) is 5.62. The fourth-order valence-electron chi connectivity index (χ4n) is 3.71. The van der Waals surface area contributed by atoms with Gasteiger partial charge in [-0.15, -0.1) is 13.2 Å². The summed E-state index contributed by atoms with van der Waals surface area (Å²) >= 11 is 0. The molecule has 3 rings (SSSR count). The Morgan fingerprint density at radius 2 is 1.89 bits per heavy atom. The lowest BCUT2D eigenvalue weighted by atomic mass is 10.1. The second kappa shape index (κ2) is 11.8. The number of nitrogens with zero attached hydrogens (tertiary/aromatic N) is 3. The van der Waals surface area contributed by atoms with Crippen molar-refractivity contribution in [3.63, 3.8) is 0 Å². The van der Waals surface area contributed by atoms with E-state index < -0.39 is 18.0 Å². The maximum Gasteiger partial charge on any atom is 0.573 e. The number of hydrogen-bond acceptors (Lipinski definition) is 6. The van der Waals surface area contributed by atoms with Gasteiger partial charge in [0, 0.05) is 23.7 Å². The van der Waals surface area contributed by atoms with Crippen LogP contribution in [0.2, 0.25) is 0 Å².